The largest absolute Gasteiger partial charge is 1.00 e. The van der Waals surface area contributed by atoms with Crippen LogP contribution in [0.1, 0.15) is 43.0 Å². The molecule has 3 aromatic carbocycles. The molecule has 0 aromatic heterocycles. The molecule has 0 aliphatic rings. The molecule has 134 valence electrons. The van der Waals surface area contributed by atoms with Gasteiger partial charge in [0.25, 0.3) is 0 Å². The van der Waals surface area contributed by atoms with Crippen molar-refractivity contribution in [2.45, 2.75) is 45.8 Å². The quantitative estimate of drug-likeness (QED) is 0.488. The Morgan fingerprint density at radius 2 is 1.26 bits per heavy atom. The third kappa shape index (κ3) is 6.71. The second-order valence-electron chi connectivity index (χ2n) is 7.97. The van der Waals surface area contributed by atoms with Crippen LogP contribution in [0.3, 0.4) is 0 Å². The minimum Gasteiger partial charge on any atom is -0.293 e. The van der Waals surface area contributed by atoms with Crippen LogP contribution in [0, 0.1) is 6.07 Å². The van der Waals surface area contributed by atoms with Crippen molar-refractivity contribution in [1.29, 1.82) is 0 Å². The molecule has 27 heavy (non-hydrogen) atoms. The summed E-state index contributed by atoms with van der Waals surface area (Å²) in [5.41, 5.74) is 5.47. The van der Waals surface area contributed by atoms with E-state index in [2.05, 4.69) is 111 Å². The number of hydrogen-bond donors (Lipinski definition) is 0. The zero-order chi connectivity index (χ0) is 18.4. The average molecular weight is 349 g/mol. The van der Waals surface area contributed by atoms with Crippen molar-refractivity contribution in [3.05, 3.63) is 107 Å². The van der Waals surface area contributed by atoms with Crippen LogP contribution in [0.15, 0.2) is 78.9 Å². The van der Waals surface area contributed by atoms with Gasteiger partial charge in [-0.15, -0.1) is 5.56 Å². The summed E-state index contributed by atoms with van der Waals surface area (Å²) in [5.74, 6) is 0. The van der Waals surface area contributed by atoms with Gasteiger partial charge in [-0.25, -0.2) is 0 Å². The van der Waals surface area contributed by atoms with Crippen molar-refractivity contribution >= 4 is 0 Å². The second-order valence-corrected chi connectivity index (χ2v) is 7.97. The van der Waals surface area contributed by atoms with Gasteiger partial charge in [-0.3, -0.25) is 4.90 Å². The summed E-state index contributed by atoms with van der Waals surface area (Å²) in [6, 6.07) is 31.4. The van der Waals surface area contributed by atoms with E-state index in [9.17, 15) is 0 Å². The molecule has 0 bridgehead atoms. The van der Waals surface area contributed by atoms with Crippen molar-refractivity contribution in [2.75, 3.05) is 0 Å². The summed E-state index contributed by atoms with van der Waals surface area (Å²) in [7, 11) is 0. The third-order valence-electron chi connectivity index (χ3n) is 4.62. The van der Waals surface area contributed by atoms with Gasteiger partial charge in [0.15, 0.2) is 0 Å². The van der Waals surface area contributed by atoms with Crippen LogP contribution in [0.5, 0.6) is 0 Å². The standard InChI is InChI=1S/C25H28N.Li/c1-25(2,3)24-16-10-15-23(17-24)20-26(18-21-11-6-4-7-12-21)19-22-13-8-5-9-14-22;/h4-14,16-17H,18-20H2,1-3H3;/q-1;+1. The van der Waals surface area contributed by atoms with E-state index >= 15 is 0 Å². The molecule has 3 rings (SSSR count). The predicted molar refractivity (Wildman–Crippen MR) is 110 cm³/mol. The van der Waals surface area contributed by atoms with Crippen LogP contribution in [0.25, 0.3) is 0 Å². The van der Waals surface area contributed by atoms with Crippen LogP contribution in [-0.4, -0.2) is 4.90 Å². The Kier molecular flexibility index (Phi) is 7.93. The van der Waals surface area contributed by atoms with Crippen LogP contribution < -0.4 is 18.9 Å². The zero-order valence-corrected chi connectivity index (χ0v) is 17.1. The minimum atomic E-state index is 0. The van der Waals surface area contributed by atoms with E-state index in [-0.39, 0.29) is 24.3 Å². The molecule has 0 amide bonds. The second kappa shape index (κ2) is 9.95. The number of rotatable bonds is 6. The van der Waals surface area contributed by atoms with E-state index in [4.69, 9.17) is 0 Å². The maximum atomic E-state index is 3.44. The summed E-state index contributed by atoms with van der Waals surface area (Å²) < 4.78 is 0. The fourth-order valence-corrected chi connectivity index (χ4v) is 3.17. The first-order chi connectivity index (χ1) is 12.5. The Balaban J connectivity index is 0.00000261. The molecule has 0 atom stereocenters. The molecular weight excluding hydrogens is 321 g/mol. The van der Waals surface area contributed by atoms with Crippen molar-refractivity contribution in [3.8, 4) is 0 Å². The SMILES string of the molecule is CC(C)(C)c1cc[c-]c(CN(Cc2ccccc2)Cc2ccccc2)c1.[Li+]. The molecule has 0 unspecified atom stereocenters. The normalized spacial score (nSPS) is 11.3. The van der Waals surface area contributed by atoms with Gasteiger partial charge in [0.05, 0.1) is 0 Å². The maximum absolute atomic E-state index is 3.44. The Labute approximate surface area is 176 Å². The van der Waals surface area contributed by atoms with Gasteiger partial charge < -0.3 is 0 Å². The fraction of sp³-hybridized carbons (Fsp3) is 0.280. The van der Waals surface area contributed by atoms with E-state index in [1.807, 2.05) is 0 Å². The van der Waals surface area contributed by atoms with Gasteiger partial charge >= 0.3 is 18.9 Å². The molecule has 0 aliphatic carbocycles. The van der Waals surface area contributed by atoms with Crippen LogP contribution in [0.4, 0.5) is 0 Å². The summed E-state index contributed by atoms with van der Waals surface area (Å²) in [6.45, 7) is 9.55. The smallest absolute Gasteiger partial charge is 0.293 e. The molecular formula is C25H28LiN. The Morgan fingerprint density at radius 1 is 0.741 bits per heavy atom. The van der Waals surface area contributed by atoms with Crippen LogP contribution >= 0.6 is 0 Å². The van der Waals surface area contributed by atoms with E-state index in [1.54, 1.807) is 0 Å². The third-order valence-corrected chi connectivity index (χ3v) is 4.62. The van der Waals surface area contributed by atoms with Gasteiger partial charge in [-0.05, 0) is 16.5 Å². The summed E-state index contributed by atoms with van der Waals surface area (Å²) in [6.07, 6.45) is 0. The molecule has 0 fully saturated rings. The fourth-order valence-electron chi connectivity index (χ4n) is 3.17. The topological polar surface area (TPSA) is 3.24 Å². The van der Waals surface area contributed by atoms with Crippen molar-refractivity contribution in [1.82, 2.24) is 4.90 Å². The van der Waals surface area contributed by atoms with E-state index in [0.717, 1.165) is 19.6 Å². The molecule has 0 heterocycles. The van der Waals surface area contributed by atoms with Crippen LogP contribution in [0.2, 0.25) is 0 Å². The Hall–Kier alpha value is -1.78. The van der Waals surface area contributed by atoms with Crippen molar-refractivity contribution < 1.29 is 18.9 Å². The first kappa shape index (κ1) is 21.5. The average Bonchev–Trinajstić information content (AvgIpc) is 2.63. The number of nitrogens with zero attached hydrogens (tertiary/aromatic N) is 1. The van der Waals surface area contributed by atoms with E-state index in [0.29, 0.717) is 0 Å². The molecule has 1 nitrogen and oxygen atoms in total. The minimum absolute atomic E-state index is 0. The van der Waals surface area contributed by atoms with Gasteiger partial charge in [0.1, 0.15) is 0 Å². The van der Waals surface area contributed by atoms with E-state index < -0.39 is 0 Å². The first-order valence-electron chi connectivity index (χ1n) is 9.32. The van der Waals surface area contributed by atoms with Gasteiger partial charge in [0.2, 0.25) is 0 Å². The van der Waals surface area contributed by atoms with Gasteiger partial charge in [-0.2, -0.15) is 29.8 Å². The molecule has 3 aromatic rings. The molecule has 0 radical (unpaired) electrons. The molecule has 0 saturated heterocycles. The molecule has 0 saturated carbocycles. The van der Waals surface area contributed by atoms with Crippen LogP contribution in [-0.2, 0) is 25.0 Å². The van der Waals surface area contributed by atoms with Gasteiger partial charge in [0, 0.05) is 19.6 Å². The first-order valence-corrected chi connectivity index (χ1v) is 9.32. The predicted octanol–water partition coefficient (Wildman–Crippen LogP) is 2.99. The summed E-state index contributed by atoms with van der Waals surface area (Å²) in [4.78, 5) is 2.49. The van der Waals surface area contributed by atoms with E-state index in [1.165, 1.54) is 22.3 Å². The molecule has 2 heteroatoms. The zero-order valence-electron chi connectivity index (χ0n) is 17.1. The molecule has 0 N–H and O–H groups in total. The summed E-state index contributed by atoms with van der Waals surface area (Å²) in [5, 5.41) is 0. The number of benzene rings is 3. The Bertz CT molecular complexity index is 765. The molecule has 0 spiro atoms. The van der Waals surface area contributed by atoms with Crippen molar-refractivity contribution in [3.63, 3.8) is 0 Å². The summed E-state index contributed by atoms with van der Waals surface area (Å²) >= 11 is 0. The maximum Gasteiger partial charge on any atom is 1.00 e. The Morgan fingerprint density at radius 3 is 1.74 bits per heavy atom. The van der Waals surface area contributed by atoms with Gasteiger partial charge in [-0.1, -0.05) is 81.4 Å². The van der Waals surface area contributed by atoms with Crippen molar-refractivity contribution in [2.24, 2.45) is 0 Å². The molecule has 0 aliphatic heterocycles. The number of hydrogen-bond acceptors (Lipinski definition) is 1. The monoisotopic (exact) mass is 349 g/mol.